The number of aryl methyl sites for hydroxylation is 2. The molecule has 0 bridgehead atoms. The molecular formula is C22H17N2O3S-. The van der Waals surface area contributed by atoms with Crippen molar-refractivity contribution in [3.8, 4) is 11.1 Å². The van der Waals surface area contributed by atoms with Gasteiger partial charge < -0.3 is 9.90 Å². The SMILES string of the molecule is Cc1ccc(-c2csc3ncn(Cc4ccc(C(=O)[O-])cc4)c(=O)c23)c(C)c1. The molecule has 0 aliphatic carbocycles. The number of aromatic carboxylic acids is 1. The maximum absolute atomic E-state index is 13.2. The molecule has 0 unspecified atom stereocenters. The summed E-state index contributed by atoms with van der Waals surface area (Å²) in [4.78, 5) is 29.2. The third-order valence-electron chi connectivity index (χ3n) is 4.78. The minimum absolute atomic E-state index is 0.106. The molecule has 0 saturated carbocycles. The monoisotopic (exact) mass is 389 g/mol. The highest BCUT2D eigenvalue weighted by atomic mass is 32.1. The van der Waals surface area contributed by atoms with Crippen LogP contribution in [-0.2, 0) is 6.54 Å². The smallest absolute Gasteiger partial charge is 0.263 e. The highest BCUT2D eigenvalue weighted by molar-refractivity contribution is 7.17. The van der Waals surface area contributed by atoms with Crippen LogP contribution in [0.5, 0.6) is 0 Å². The minimum Gasteiger partial charge on any atom is -0.545 e. The lowest BCUT2D eigenvalue weighted by atomic mass is 9.99. The van der Waals surface area contributed by atoms with Crippen LogP contribution in [0.15, 0.2) is 59.0 Å². The van der Waals surface area contributed by atoms with Crippen LogP contribution >= 0.6 is 11.3 Å². The number of benzene rings is 2. The van der Waals surface area contributed by atoms with Crippen LogP contribution < -0.4 is 10.7 Å². The Hall–Kier alpha value is -3.25. The fraction of sp³-hybridized carbons (Fsp3) is 0.136. The second-order valence-electron chi connectivity index (χ2n) is 6.81. The van der Waals surface area contributed by atoms with Crippen molar-refractivity contribution >= 4 is 27.5 Å². The Morgan fingerprint density at radius 2 is 1.86 bits per heavy atom. The quantitative estimate of drug-likeness (QED) is 0.537. The van der Waals surface area contributed by atoms with Crippen molar-refractivity contribution in [2.75, 3.05) is 0 Å². The molecule has 140 valence electrons. The lowest BCUT2D eigenvalue weighted by Crippen LogP contribution is -2.22. The van der Waals surface area contributed by atoms with Crippen molar-refractivity contribution in [2.24, 2.45) is 0 Å². The molecule has 5 nitrogen and oxygen atoms in total. The van der Waals surface area contributed by atoms with E-state index in [-0.39, 0.29) is 11.1 Å². The van der Waals surface area contributed by atoms with Crippen molar-refractivity contribution in [2.45, 2.75) is 20.4 Å². The molecule has 4 aromatic rings. The molecule has 0 fully saturated rings. The number of hydrogen-bond acceptors (Lipinski definition) is 5. The number of carbonyl (C=O) groups excluding carboxylic acids is 1. The molecule has 0 aliphatic heterocycles. The molecule has 2 heterocycles. The van der Waals surface area contributed by atoms with Crippen LogP contribution in [0.4, 0.5) is 0 Å². The van der Waals surface area contributed by atoms with E-state index in [1.165, 1.54) is 29.0 Å². The Labute approximate surface area is 165 Å². The lowest BCUT2D eigenvalue weighted by Gasteiger charge is -2.09. The summed E-state index contributed by atoms with van der Waals surface area (Å²) in [7, 11) is 0. The van der Waals surface area contributed by atoms with Crippen molar-refractivity contribution in [3.05, 3.63) is 86.8 Å². The van der Waals surface area contributed by atoms with Gasteiger partial charge in [0.05, 0.1) is 24.2 Å². The van der Waals surface area contributed by atoms with Gasteiger partial charge in [-0.25, -0.2) is 4.98 Å². The first-order chi connectivity index (χ1) is 13.4. The van der Waals surface area contributed by atoms with Gasteiger partial charge in [-0.3, -0.25) is 9.36 Å². The normalized spacial score (nSPS) is 11.1. The van der Waals surface area contributed by atoms with Crippen LogP contribution in [0.1, 0.15) is 27.0 Å². The Balaban J connectivity index is 1.78. The molecular weight excluding hydrogens is 372 g/mol. The predicted octanol–water partition coefficient (Wildman–Crippen LogP) is 3.15. The third-order valence-corrected chi connectivity index (χ3v) is 5.66. The number of fused-ring (bicyclic) bond motifs is 1. The molecule has 0 radical (unpaired) electrons. The van der Waals surface area contributed by atoms with Gasteiger partial charge >= 0.3 is 0 Å². The summed E-state index contributed by atoms with van der Waals surface area (Å²) in [6.45, 7) is 4.40. The Bertz CT molecular complexity index is 1250. The second-order valence-corrected chi connectivity index (χ2v) is 7.67. The zero-order valence-electron chi connectivity index (χ0n) is 15.4. The van der Waals surface area contributed by atoms with Crippen LogP contribution in [0.3, 0.4) is 0 Å². The predicted molar refractivity (Wildman–Crippen MR) is 109 cm³/mol. The van der Waals surface area contributed by atoms with Gasteiger partial charge in [-0.1, -0.05) is 48.0 Å². The third kappa shape index (κ3) is 3.23. The first-order valence-corrected chi connectivity index (χ1v) is 9.66. The highest BCUT2D eigenvalue weighted by Gasteiger charge is 2.15. The van der Waals surface area contributed by atoms with Crippen LogP contribution in [0.2, 0.25) is 0 Å². The molecule has 0 amide bonds. The zero-order chi connectivity index (χ0) is 19.8. The number of aromatic nitrogens is 2. The van der Waals surface area contributed by atoms with Gasteiger partial charge in [-0.05, 0) is 36.1 Å². The summed E-state index contributed by atoms with van der Waals surface area (Å²) in [6.07, 6.45) is 1.54. The van der Waals surface area contributed by atoms with E-state index in [4.69, 9.17) is 0 Å². The molecule has 4 rings (SSSR count). The van der Waals surface area contributed by atoms with Crippen LogP contribution in [0, 0.1) is 13.8 Å². The number of carboxylic acids is 1. The Morgan fingerprint density at radius 1 is 1.11 bits per heavy atom. The fourth-order valence-corrected chi connectivity index (χ4v) is 4.23. The molecule has 28 heavy (non-hydrogen) atoms. The molecule has 0 aliphatic rings. The van der Waals surface area contributed by atoms with Crippen molar-refractivity contribution in [1.29, 1.82) is 0 Å². The van der Waals surface area contributed by atoms with Crippen molar-refractivity contribution in [3.63, 3.8) is 0 Å². The summed E-state index contributed by atoms with van der Waals surface area (Å²) in [5.74, 6) is -1.22. The van der Waals surface area contributed by atoms with Crippen molar-refractivity contribution < 1.29 is 9.90 Å². The molecule has 0 saturated heterocycles. The first kappa shape index (κ1) is 18.1. The second kappa shape index (κ2) is 7.05. The Morgan fingerprint density at radius 3 is 2.54 bits per heavy atom. The molecule has 6 heteroatoms. The average Bonchev–Trinajstić information content (AvgIpc) is 3.09. The molecule has 2 aromatic carbocycles. The van der Waals surface area contributed by atoms with E-state index in [0.717, 1.165) is 22.3 Å². The topological polar surface area (TPSA) is 75.0 Å². The van der Waals surface area contributed by atoms with Gasteiger partial charge in [0.1, 0.15) is 4.83 Å². The van der Waals surface area contributed by atoms with E-state index < -0.39 is 5.97 Å². The number of carboxylic acid groups (broad SMARTS) is 1. The van der Waals surface area contributed by atoms with Crippen LogP contribution in [0.25, 0.3) is 21.3 Å². The van der Waals surface area contributed by atoms with Gasteiger partial charge in [-0.15, -0.1) is 11.3 Å². The number of carbonyl (C=O) groups is 1. The zero-order valence-corrected chi connectivity index (χ0v) is 16.2. The summed E-state index contributed by atoms with van der Waals surface area (Å²) in [5, 5.41) is 13.5. The van der Waals surface area contributed by atoms with E-state index in [2.05, 4.69) is 11.1 Å². The molecule has 2 aromatic heterocycles. The summed E-state index contributed by atoms with van der Waals surface area (Å²) < 4.78 is 1.55. The Kier molecular flexibility index (Phi) is 4.57. The van der Waals surface area contributed by atoms with Gasteiger partial charge in [0, 0.05) is 10.9 Å². The maximum Gasteiger partial charge on any atom is 0.263 e. The van der Waals surface area contributed by atoms with Gasteiger partial charge in [0.25, 0.3) is 5.56 Å². The van der Waals surface area contributed by atoms with Crippen molar-refractivity contribution in [1.82, 2.24) is 9.55 Å². The number of rotatable bonds is 4. The van der Waals surface area contributed by atoms with E-state index in [1.54, 1.807) is 23.0 Å². The first-order valence-electron chi connectivity index (χ1n) is 8.78. The average molecular weight is 389 g/mol. The van der Waals surface area contributed by atoms with Crippen LogP contribution in [-0.4, -0.2) is 15.5 Å². The minimum atomic E-state index is -1.22. The fourth-order valence-electron chi connectivity index (χ4n) is 3.34. The standard InChI is InChI=1S/C22H18N2O3S/c1-13-3-8-17(14(2)9-13)18-11-28-20-19(18)21(25)24(12-23-20)10-15-4-6-16(7-5-15)22(26)27/h3-9,11-12H,10H2,1-2H3,(H,26,27)/p-1. The largest absolute Gasteiger partial charge is 0.545 e. The summed E-state index contributed by atoms with van der Waals surface area (Å²) >= 11 is 1.46. The van der Waals surface area contributed by atoms with E-state index >= 15 is 0 Å². The number of nitrogens with zero attached hydrogens (tertiary/aromatic N) is 2. The molecule has 0 atom stereocenters. The van der Waals surface area contributed by atoms with Gasteiger partial charge in [0.2, 0.25) is 0 Å². The van der Waals surface area contributed by atoms with Gasteiger partial charge in [0.15, 0.2) is 0 Å². The number of hydrogen-bond donors (Lipinski definition) is 0. The highest BCUT2D eigenvalue weighted by Crippen LogP contribution is 2.33. The van der Waals surface area contributed by atoms with E-state index in [1.807, 2.05) is 31.4 Å². The molecule has 0 spiro atoms. The summed E-state index contributed by atoms with van der Waals surface area (Å²) in [5.41, 5.74) is 5.05. The van der Waals surface area contributed by atoms with Gasteiger partial charge in [-0.2, -0.15) is 0 Å². The summed E-state index contributed by atoms with van der Waals surface area (Å²) in [6, 6.07) is 12.5. The molecule has 0 N–H and O–H groups in total. The lowest BCUT2D eigenvalue weighted by molar-refractivity contribution is -0.255. The maximum atomic E-state index is 13.2. The van der Waals surface area contributed by atoms with E-state index in [0.29, 0.717) is 16.8 Å². The number of thiophene rings is 1. The van der Waals surface area contributed by atoms with E-state index in [9.17, 15) is 14.7 Å².